The molecule has 2 nitrogen and oxygen atoms in total. The standard InChI is InChI=1S/C23H28O2/c1-3-10-20(11-4-1)18-22(19-21-12-5-2-6-13-21)14-9-16-23(25-22)15-7-8-17-24-23/h1-6,10-13H,7-9,14-19H2/t23-/m0/s1. The van der Waals surface area contributed by atoms with Crippen molar-refractivity contribution < 1.29 is 9.47 Å². The maximum atomic E-state index is 6.89. The van der Waals surface area contributed by atoms with Crippen molar-refractivity contribution >= 4 is 0 Å². The van der Waals surface area contributed by atoms with Gasteiger partial charge in [-0.3, -0.25) is 0 Å². The monoisotopic (exact) mass is 336 g/mol. The molecule has 1 spiro atoms. The molecular formula is C23H28O2. The van der Waals surface area contributed by atoms with Gasteiger partial charge in [-0.15, -0.1) is 0 Å². The smallest absolute Gasteiger partial charge is 0.169 e. The molecule has 0 aromatic heterocycles. The summed E-state index contributed by atoms with van der Waals surface area (Å²) < 4.78 is 13.1. The minimum absolute atomic E-state index is 0.168. The summed E-state index contributed by atoms with van der Waals surface area (Å²) in [4.78, 5) is 0. The number of benzene rings is 2. The zero-order valence-corrected chi connectivity index (χ0v) is 15.0. The molecule has 2 fully saturated rings. The molecule has 0 saturated carbocycles. The molecule has 2 aromatic rings. The summed E-state index contributed by atoms with van der Waals surface area (Å²) in [5, 5.41) is 0. The van der Waals surface area contributed by atoms with E-state index in [1.807, 2.05) is 0 Å². The van der Waals surface area contributed by atoms with Crippen molar-refractivity contribution in [3.8, 4) is 0 Å². The quantitative estimate of drug-likeness (QED) is 0.753. The van der Waals surface area contributed by atoms with Crippen LogP contribution in [0.1, 0.15) is 49.7 Å². The van der Waals surface area contributed by atoms with E-state index >= 15 is 0 Å². The number of ether oxygens (including phenoxy) is 2. The van der Waals surface area contributed by atoms with E-state index < -0.39 is 0 Å². The summed E-state index contributed by atoms with van der Waals surface area (Å²) in [6.45, 7) is 0.840. The van der Waals surface area contributed by atoms with Gasteiger partial charge in [0.1, 0.15) is 0 Å². The van der Waals surface area contributed by atoms with Crippen LogP contribution >= 0.6 is 0 Å². The predicted molar refractivity (Wildman–Crippen MR) is 100 cm³/mol. The van der Waals surface area contributed by atoms with Crippen molar-refractivity contribution in [3.63, 3.8) is 0 Å². The van der Waals surface area contributed by atoms with E-state index in [9.17, 15) is 0 Å². The zero-order chi connectivity index (χ0) is 17.0. The Hall–Kier alpha value is -1.64. The second-order valence-electron chi connectivity index (χ2n) is 7.68. The maximum absolute atomic E-state index is 6.89. The van der Waals surface area contributed by atoms with Crippen molar-refractivity contribution in [2.75, 3.05) is 6.61 Å². The third-order valence-corrected chi connectivity index (χ3v) is 5.65. The Kier molecular flexibility index (Phi) is 4.91. The molecule has 2 aromatic carbocycles. The second-order valence-corrected chi connectivity index (χ2v) is 7.68. The van der Waals surface area contributed by atoms with Gasteiger partial charge >= 0.3 is 0 Å². The molecule has 132 valence electrons. The van der Waals surface area contributed by atoms with Crippen LogP contribution in [0, 0.1) is 0 Å². The lowest BCUT2D eigenvalue weighted by Crippen LogP contribution is -2.53. The maximum Gasteiger partial charge on any atom is 0.169 e. The van der Waals surface area contributed by atoms with Crippen LogP contribution in [0.5, 0.6) is 0 Å². The molecule has 0 radical (unpaired) electrons. The first-order chi connectivity index (χ1) is 12.3. The molecule has 25 heavy (non-hydrogen) atoms. The average molecular weight is 336 g/mol. The fourth-order valence-electron chi connectivity index (χ4n) is 4.53. The van der Waals surface area contributed by atoms with Crippen LogP contribution in [0.15, 0.2) is 60.7 Å². The Balaban J connectivity index is 1.63. The number of rotatable bonds is 4. The third-order valence-electron chi connectivity index (χ3n) is 5.65. The van der Waals surface area contributed by atoms with Gasteiger partial charge in [0.05, 0.1) is 12.2 Å². The fourth-order valence-corrected chi connectivity index (χ4v) is 4.53. The first-order valence-corrected chi connectivity index (χ1v) is 9.70. The van der Waals surface area contributed by atoms with E-state index in [4.69, 9.17) is 9.47 Å². The third kappa shape index (κ3) is 3.96. The van der Waals surface area contributed by atoms with Crippen LogP contribution in [0.4, 0.5) is 0 Å². The predicted octanol–water partition coefficient (Wildman–Crippen LogP) is 5.31. The van der Waals surface area contributed by atoms with Crippen LogP contribution in [-0.4, -0.2) is 18.0 Å². The molecule has 0 bridgehead atoms. The zero-order valence-electron chi connectivity index (χ0n) is 15.0. The van der Waals surface area contributed by atoms with Gasteiger partial charge in [0.15, 0.2) is 5.79 Å². The summed E-state index contributed by atoms with van der Waals surface area (Å²) in [5.41, 5.74) is 2.54. The number of hydrogen-bond donors (Lipinski definition) is 0. The Morgan fingerprint density at radius 2 is 1.28 bits per heavy atom. The summed E-state index contributed by atoms with van der Waals surface area (Å²) in [7, 11) is 0. The normalized spacial score (nSPS) is 25.8. The highest BCUT2D eigenvalue weighted by molar-refractivity contribution is 5.22. The molecule has 1 atom stereocenters. The summed E-state index contributed by atoms with van der Waals surface area (Å²) in [6, 6.07) is 21.6. The lowest BCUT2D eigenvalue weighted by molar-refractivity contribution is -0.325. The van der Waals surface area contributed by atoms with Gasteiger partial charge in [-0.2, -0.15) is 0 Å². The van der Waals surface area contributed by atoms with E-state index in [1.165, 1.54) is 24.0 Å². The highest BCUT2D eigenvalue weighted by Crippen LogP contribution is 2.44. The molecule has 0 aliphatic carbocycles. The summed E-state index contributed by atoms with van der Waals surface area (Å²) in [5.74, 6) is -0.347. The number of hydrogen-bond acceptors (Lipinski definition) is 2. The first kappa shape index (κ1) is 16.8. The van der Waals surface area contributed by atoms with Crippen molar-refractivity contribution in [1.82, 2.24) is 0 Å². The molecule has 4 rings (SSSR count). The molecule has 2 saturated heterocycles. The van der Waals surface area contributed by atoms with Gasteiger partial charge in [0.2, 0.25) is 0 Å². The largest absolute Gasteiger partial charge is 0.350 e. The molecular weight excluding hydrogens is 308 g/mol. The van der Waals surface area contributed by atoms with Crippen LogP contribution in [0.25, 0.3) is 0 Å². The summed E-state index contributed by atoms with van der Waals surface area (Å²) >= 11 is 0. The van der Waals surface area contributed by atoms with Crippen LogP contribution in [-0.2, 0) is 22.3 Å². The average Bonchev–Trinajstić information content (AvgIpc) is 2.64. The van der Waals surface area contributed by atoms with Crippen molar-refractivity contribution in [2.24, 2.45) is 0 Å². The lowest BCUT2D eigenvalue weighted by atomic mass is 9.79. The Morgan fingerprint density at radius 1 is 0.680 bits per heavy atom. The SMILES string of the molecule is c1ccc(CC2(Cc3ccccc3)CCC[C@]3(CCCCO3)O2)cc1. The molecule has 0 unspecified atom stereocenters. The Labute approximate surface area is 151 Å². The van der Waals surface area contributed by atoms with E-state index in [1.54, 1.807) is 0 Å². The van der Waals surface area contributed by atoms with Gasteiger partial charge < -0.3 is 9.47 Å². The first-order valence-electron chi connectivity index (χ1n) is 9.70. The van der Waals surface area contributed by atoms with E-state index in [0.717, 1.165) is 45.1 Å². The van der Waals surface area contributed by atoms with Gasteiger partial charge in [0, 0.05) is 25.7 Å². The molecule has 0 N–H and O–H groups in total. The van der Waals surface area contributed by atoms with E-state index in [-0.39, 0.29) is 11.4 Å². The highest BCUT2D eigenvalue weighted by atomic mass is 16.7. The molecule has 2 heterocycles. The minimum atomic E-state index is -0.347. The van der Waals surface area contributed by atoms with Crippen LogP contribution in [0.2, 0.25) is 0 Å². The molecule has 2 heteroatoms. The van der Waals surface area contributed by atoms with Crippen molar-refractivity contribution in [3.05, 3.63) is 71.8 Å². The Bertz CT molecular complexity index is 612. The topological polar surface area (TPSA) is 18.5 Å². The van der Waals surface area contributed by atoms with Gasteiger partial charge in [0.25, 0.3) is 0 Å². The van der Waals surface area contributed by atoms with Gasteiger partial charge in [-0.25, -0.2) is 0 Å². The fraction of sp³-hybridized carbons (Fsp3) is 0.478. The highest BCUT2D eigenvalue weighted by Gasteiger charge is 2.47. The minimum Gasteiger partial charge on any atom is -0.350 e. The molecule has 2 aliphatic rings. The van der Waals surface area contributed by atoms with Gasteiger partial charge in [-0.05, 0) is 36.8 Å². The molecule has 2 aliphatic heterocycles. The van der Waals surface area contributed by atoms with Crippen LogP contribution in [0.3, 0.4) is 0 Å². The van der Waals surface area contributed by atoms with Crippen LogP contribution < -0.4 is 0 Å². The molecule has 0 amide bonds. The second kappa shape index (κ2) is 7.31. The summed E-state index contributed by atoms with van der Waals surface area (Å²) in [6.07, 6.45) is 8.64. The van der Waals surface area contributed by atoms with E-state index in [2.05, 4.69) is 60.7 Å². The Morgan fingerprint density at radius 3 is 1.84 bits per heavy atom. The van der Waals surface area contributed by atoms with Gasteiger partial charge in [-0.1, -0.05) is 60.7 Å². The van der Waals surface area contributed by atoms with Crippen molar-refractivity contribution in [2.45, 2.75) is 62.8 Å². The van der Waals surface area contributed by atoms with Crippen molar-refractivity contribution in [1.29, 1.82) is 0 Å². The van der Waals surface area contributed by atoms with E-state index in [0.29, 0.717) is 0 Å². The lowest BCUT2D eigenvalue weighted by Gasteiger charge is -2.50.